The van der Waals surface area contributed by atoms with Crippen LogP contribution in [0, 0.1) is 5.82 Å². The minimum atomic E-state index is -1.27. The molecule has 20 heavy (non-hydrogen) atoms. The Bertz CT molecular complexity index is 511. The first-order valence-corrected chi connectivity index (χ1v) is 6.65. The van der Waals surface area contributed by atoms with Gasteiger partial charge in [-0.1, -0.05) is 18.9 Å². The molecule has 0 saturated carbocycles. The Labute approximate surface area is 116 Å². The highest BCUT2D eigenvalue weighted by Gasteiger charge is 2.23. The van der Waals surface area contributed by atoms with Gasteiger partial charge in [0.1, 0.15) is 5.82 Å². The van der Waals surface area contributed by atoms with Crippen LogP contribution in [0.5, 0.6) is 0 Å². The maximum Gasteiger partial charge on any atom is 0.337 e. The fraction of sp³-hybridized carbons (Fsp3) is 0.429. The van der Waals surface area contributed by atoms with Crippen molar-refractivity contribution in [1.82, 2.24) is 5.32 Å². The van der Waals surface area contributed by atoms with E-state index in [0.29, 0.717) is 6.42 Å². The fourth-order valence-corrected chi connectivity index (χ4v) is 2.29. The van der Waals surface area contributed by atoms with E-state index >= 15 is 0 Å². The number of hydrogen-bond donors (Lipinski definition) is 3. The molecule has 3 N–H and O–H groups in total. The van der Waals surface area contributed by atoms with Gasteiger partial charge in [0.05, 0.1) is 17.3 Å². The predicted octanol–water partition coefficient (Wildman–Crippen LogP) is 1.99. The number of hydrogen-bond acceptors (Lipinski definition) is 3. The topological polar surface area (TPSA) is 78.4 Å². The highest BCUT2D eigenvalue weighted by molar-refractivity contribution is 6.02. The summed E-state index contributed by atoms with van der Waals surface area (Å²) in [5, 5.41) is 14.5. The monoisotopic (exact) mass is 280 g/mol. The van der Waals surface area contributed by atoms with E-state index < -0.39 is 17.8 Å². The molecule has 2 rings (SSSR count). The van der Waals surface area contributed by atoms with Crippen LogP contribution in [-0.4, -0.2) is 29.6 Å². The standard InChI is InChI=1S/C14H17FN2O3/c15-10-6-4-5-9(14(19)20)12(10)17-13(18)11-7-2-1-3-8-16-11/h4-6,11,16H,1-3,7-8H2,(H,17,18)(H,19,20). The van der Waals surface area contributed by atoms with Gasteiger partial charge in [-0.3, -0.25) is 4.79 Å². The zero-order valence-electron chi connectivity index (χ0n) is 11.0. The Kier molecular flexibility index (Phi) is 4.68. The molecule has 1 aromatic carbocycles. The lowest BCUT2D eigenvalue weighted by Gasteiger charge is -2.17. The lowest BCUT2D eigenvalue weighted by Crippen LogP contribution is -2.40. The van der Waals surface area contributed by atoms with Gasteiger partial charge in [0.15, 0.2) is 0 Å². The Morgan fingerprint density at radius 2 is 2.10 bits per heavy atom. The van der Waals surface area contributed by atoms with Crippen LogP contribution in [-0.2, 0) is 4.79 Å². The molecule has 1 saturated heterocycles. The molecule has 0 radical (unpaired) electrons. The summed E-state index contributed by atoms with van der Waals surface area (Å²) in [5.41, 5.74) is -0.511. The molecule has 6 heteroatoms. The fourth-order valence-electron chi connectivity index (χ4n) is 2.29. The van der Waals surface area contributed by atoms with Gasteiger partial charge in [0.25, 0.3) is 0 Å². The van der Waals surface area contributed by atoms with E-state index in [9.17, 15) is 14.0 Å². The SMILES string of the molecule is O=C(O)c1cccc(F)c1NC(=O)C1CCCCCN1. The molecule has 1 aromatic rings. The number of anilines is 1. The number of para-hydroxylation sites is 1. The molecule has 1 atom stereocenters. The van der Waals surface area contributed by atoms with Crippen molar-refractivity contribution in [3.8, 4) is 0 Å². The molecule has 1 fully saturated rings. The third-order valence-electron chi connectivity index (χ3n) is 3.37. The summed E-state index contributed by atoms with van der Waals surface area (Å²) in [5.74, 6) is -2.40. The van der Waals surface area contributed by atoms with E-state index in [2.05, 4.69) is 10.6 Å². The number of carboxylic acid groups (broad SMARTS) is 1. The number of carbonyl (C=O) groups is 2. The van der Waals surface area contributed by atoms with Crippen molar-refractivity contribution in [1.29, 1.82) is 0 Å². The smallest absolute Gasteiger partial charge is 0.337 e. The predicted molar refractivity (Wildman–Crippen MR) is 72.2 cm³/mol. The second kappa shape index (κ2) is 6.47. The molecule has 0 bridgehead atoms. The average Bonchev–Trinajstić information content (AvgIpc) is 2.69. The number of halogens is 1. The van der Waals surface area contributed by atoms with E-state index in [1.165, 1.54) is 12.1 Å². The highest BCUT2D eigenvalue weighted by atomic mass is 19.1. The van der Waals surface area contributed by atoms with E-state index in [4.69, 9.17) is 5.11 Å². The minimum absolute atomic E-state index is 0.244. The number of carbonyl (C=O) groups excluding carboxylic acids is 1. The third kappa shape index (κ3) is 3.33. The maximum atomic E-state index is 13.7. The average molecular weight is 280 g/mol. The summed E-state index contributed by atoms with van der Waals surface area (Å²) in [6.07, 6.45) is 3.65. The highest BCUT2D eigenvalue weighted by Crippen LogP contribution is 2.21. The number of rotatable bonds is 3. The van der Waals surface area contributed by atoms with Gasteiger partial charge >= 0.3 is 5.97 Å². The molecule has 1 unspecified atom stereocenters. The second-order valence-electron chi connectivity index (χ2n) is 4.81. The van der Waals surface area contributed by atoms with E-state index in [0.717, 1.165) is 31.9 Å². The van der Waals surface area contributed by atoms with Crippen molar-refractivity contribution in [2.75, 3.05) is 11.9 Å². The molecule has 0 aliphatic carbocycles. The van der Waals surface area contributed by atoms with Crippen molar-refractivity contribution < 1.29 is 19.1 Å². The Hall–Kier alpha value is -1.95. The molecular formula is C14H17FN2O3. The zero-order valence-corrected chi connectivity index (χ0v) is 11.0. The first kappa shape index (κ1) is 14.5. The molecular weight excluding hydrogens is 263 g/mol. The van der Waals surface area contributed by atoms with E-state index in [1.54, 1.807) is 0 Å². The summed E-state index contributed by atoms with van der Waals surface area (Å²) < 4.78 is 13.7. The van der Waals surface area contributed by atoms with Crippen molar-refractivity contribution in [3.05, 3.63) is 29.6 Å². The van der Waals surface area contributed by atoms with Crippen LogP contribution in [0.25, 0.3) is 0 Å². The zero-order chi connectivity index (χ0) is 14.5. The number of benzene rings is 1. The van der Waals surface area contributed by atoms with Gasteiger partial charge in [-0.05, 0) is 31.5 Å². The Morgan fingerprint density at radius 3 is 2.85 bits per heavy atom. The molecule has 0 aromatic heterocycles. The van der Waals surface area contributed by atoms with Gasteiger partial charge in [-0.2, -0.15) is 0 Å². The van der Waals surface area contributed by atoms with Gasteiger partial charge in [0, 0.05) is 0 Å². The van der Waals surface area contributed by atoms with Gasteiger partial charge in [-0.15, -0.1) is 0 Å². The van der Waals surface area contributed by atoms with E-state index in [-0.39, 0.29) is 17.2 Å². The summed E-state index contributed by atoms with van der Waals surface area (Å²) in [4.78, 5) is 23.2. The number of nitrogens with one attached hydrogen (secondary N) is 2. The normalized spacial score (nSPS) is 19.1. The second-order valence-corrected chi connectivity index (χ2v) is 4.81. The number of aromatic carboxylic acids is 1. The van der Waals surface area contributed by atoms with Crippen LogP contribution < -0.4 is 10.6 Å². The van der Waals surface area contributed by atoms with Crippen LogP contribution in [0.1, 0.15) is 36.0 Å². The molecule has 1 amide bonds. The molecule has 1 aliphatic heterocycles. The lowest BCUT2D eigenvalue weighted by atomic mass is 10.1. The molecule has 1 heterocycles. The maximum absolute atomic E-state index is 13.7. The van der Waals surface area contributed by atoms with Crippen molar-refractivity contribution in [2.24, 2.45) is 0 Å². The molecule has 0 spiro atoms. The first-order chi connectivity index (χ1) is 9.59. The van der Waals surface area contributed by atoms with Gasteiger partial charge in [-0.25, -0.2) is 9.18 Å². The summed E-state index contributed by atoms with van der Waals surface area (Å²) >= 11 is 0. The quantitative estimate of drug-likeness (QED) is 0.791. The third-order valence-corrected chi connectivity index (χ3v) is 3.37. The van der Waals surface area contributed by atoms with E-state index in [1.807, 2.05) is 0 Å². The largest absolute Gasteiger partial charge is 0.478 e. The van der Waals surface area contributed by atoms with Crippen molar-refractivity contribution >= 4 is 17.6 Å². The molecule has 108 valence electrons. The summed E-state index contributed by atoms with van der Waals surface area (Å²) in [6, 6.07) is 3.29. The lowest BCUT2D eigenvalue weighted by molar-refractivity contribution is -0.118. The van der Waals surface area contributed by atoms with Crippen LogP contribution in [0.4, 0.5) is 10.1 Å². The van der Waals surface area contributed by atoms with Crippen molar-refractivity contribution in [2.45, 2.75) is 31.7 Å². The number of amides is 1. The van der Waals surface area contributed by atoms with Gasteiger partial charge in [0.2, 0.25) is 5.91 Å². The Balaban J connectivity index is 2.16. The summed E-state index contributed by atoms with van der Waals surface area (Å²) in [7, 11) is 0. The minimum Gasteiger partial charge on any atom is -0.478 e. The van der Waals surface area contributed by atoms with Crippen LogP contribution in [0.3, 0.4) is 0 Å². The molecule has 5 nitrogen and oxygen atoms in total. The van der Waals surface area contributed by atoms with Crippen LogP contribution >= 0.6 is 0 Å². The first-order valence-electron chi connectivity index (χ1n) is 6.65. The van der Waals surface area contributed by atoms with Crippen molar-refractivity contribution in [3.63, 3.8) is 0 Å². The van der Waals surface area contributed by atoms with Crippen LogP contribution in [0.2, 0.25) is 0 Å². The molecule has 1 aliphatic rings. The number of carboxylic acids is 1. The van der Waals surface area contributed by atoms with Gasteiger partial charge < -0.3 is 15.7 Å². The summed E-state index contributed by atoms with van der Waals surface area (Å²) in [6.45, 7) is 0.737. The Morgan fingerprint density at radius 1 is 1.30 bits per heavy atom. The van der Waals surface area contributed by atoms with Crippen LogP contribution in [0.15, 0.2) is 18.2 Å².